The Labute approximate surface area is 130 Å². The summed E-state index contributed by atoms with van der Waals surface area (Å²) >= 11 is 0. The van der Waals surface area contributed by atoms with E-state index in [-0.39, 0.29) is 5.91 Å². The number of aromatic nitrogens is 2. The highest BCUT2D eigenvalue weighted by atomic mass is 16.5. The number of carbonyl (C=O) groups is 1. The zero-order valence-electron chi connectivity index (χ0n) is 13.5. The van der Waals surface area contributed by atoms with Gasteiger partial charge in [-0.2, -0.15) is 9.97 Å². The molecule has 1 aromatic heterocycles. The van der Waals surface area contributed by atoms with Crippen molar-refractivity contribution in [3.05, 3.63) is 41.2 Å². The summed E-state index contributed by atoms with van der Waals surface area (Å²) in [6, 6.07) is 7.68. The summed E-state index contributed by atoms with van der Waals surface area (Å²) in [4.78, 5) is 22.7. The van der Waals surface area contributed by atoms with Crippen molar-refractivity contribution in [3.8, 4) is 6.01 Å². The lowest BCUT2D eigenvalue weighted by Crippen LogP contribution is -2.16. The summed E-state index contributed by atoms with van der Waals surface area (Å²) in [6.07, 6.45) is 0. The fourth-order valence-corrected chi connectivity index (χ4v) is 2.05. The van der Waals surface area contributed by atoms with Gasteiger partial charge in [0.1, 0.15) is 0 Å². The lowest BCUT2D eigenvalue weighted by molar-refractivity contribution is 0.102. The number of amides is 1. The maximum absolute atomic E-state index is 12.3. The third-order valence-corrected chi connectivity index (χ3v) is 3.32. The molecular formula is C16H20N4O2. The van der Waals surface area contributed by atoms with Crippen LogP contribution in [0.15, 0.2) is 24.3 Å². The van der Waals surface area contributed by atoms with Crippen LogP contribution in [0.5, 0.6) is 6.01 Å². The Morgan fingerprint density at radius 1 is 1.09 bits per heavy atom. The van der Waals surface area contributed by atoms with E-state index in [1.54, 1.807) is 12.1 Å². The minimum absolute atomic E-state index is 0.190. The van der Waals surface area contributed by atoms with Crippen molar-refractivity contribution in [1.82, 2.24) is 9.97 Å². The van der Waals surface area contributed by atoms with E-state index in [9.17, 15) is 4.79 Å². The summed E-state index contributed by atoms with van der Waals surface area (Å²) in [6.45, 7) is 3.61. The first-order valence-electron chi connectivity index (χ1n) is 6.90. The molecule has 0 aliphatic rings. The third-order valence-electron chi connectivity index (χ3n) is 3.32. The summed E-state index contributed by atoms with van der Waals surface area (Å²) in [5, 5.41) is 2.86. The zero-order chi connectivity index (χ0) is 16.3. The molecule has 0 atom stereocenters. The Bertz CT molecular complexity index is 658. The molecule has 2 aromatic rings. The lowest BCUT2D eigenvalue weighted by atomic mass is 10.1. The number of aryl methyl sites for hydroxylation is 2. The fourth-order valence-electron chi connectivity index (χ4n) is 2.05. The minimum Gasteiger partial charge on any atom is -0.467 e. The van der Waals surface area contributed by atoms with E-state index < -0.39 is 0 Å². The van der Waals surface area contributed by atoms with Crippen molar-refractivity contribution in [2.75, 3.05) is 31.4 Å². The maximum atomic E-state index is 12.3. The van der Waals surface area contributed by atoms with Crippen LogP contribution in [-0.2, 0) is 0 Å². The van der Waals surface area contributed by atoms with E-state index >= 15 is 0 Å². The first kappa shape index (κ1) is 15.8. The second-order valence-electron chi connectivity index (χ2n) is 5.15. The highest BCUT2D eigenvalue weighted by Gasteiger charge is 2.13. The number of anilines is 2. The number of nitrogens with zero attached hydrogens (tertiary/aromatic N) is 3. The minimum atomic E-state index is -0.190. The van der Waals surface area contributed by atoms with Gasteiger partial charge in [-0.25, -0.2) is 0 Å². The normalized spacial score (nSPS) is 10.2. The quantitative estimate of drug-likeness (QED) is 0.939. The Morgan fingerprint density at radius 2 is 1.64 bits per heavy atom. The number of nitrogens with one attached hydrogen (secondary N) is 1. The number of carbonyl (C=O) groups excluding carboxylic acids is 1. The van der Waals surface area contributed by atoms with Gasteiger partial charge in [0, 0.05) is 25.3 Å². The van der Waals surface area contributed by atoms with E-state index in [1.165, 1.54) is 7.11 Å². The molecule has 1 aromatic carbocycles. The van der Waals surface area contributed by atoms with Crippen LogP contribution in [-0.4, -0.2) is 37.1 Å². The molecule has 6 heteroatoms. The predicted molar refractivity (Wildman–Crippen MR) is 86.8 cm³/mol. The van der Waals surface area contributed by atoms with Gasteiger partial charge in [-0.05, 0) is 38.1 Å². The van der Waals surface area contributed by atoms with E-state index in [0.717, 1.165) is 5.69 Å². The van der Waals surface area contributed by atoms with Gasteiger partial charge in [0.25, 0.3) is 5.91 Å². The van der Waals surface area contributed by atoms with Gasteiger partial charge in [-0.1, -0.05) is 0 Å². The molecule has 0 unspecified atom stereocenters. The molecule has 0 saturated carbocycles. The predicted octanol–water partition coefficient (Wildman–Crippen LogP) is 2.42. The Kier molecular flexibility index (Phi) is 4.60. The number of hydrogen-bond acceptors (Lipinski definition) is 5. The van der Waals surface area contributed by atoms with Gasteiger partial charge in [0.15, 0.2) is 0 Å². The molecule has 1 amide bonds. The lowest BCUT2D eigenvalue weighted by Gasteiger charge is -2.14. The largest absolute Gasteiger partial charge is 0.467 e. The van der Waals surface area contributed by atoms with Gasteiger partial charge in [-0.15, -0.1) is 0 Å². The van der Waals surface area contributed by atoms with Crippen LogP contribution in [0, 0.1) is 13.8 Å². The number of benzene rings is 1. The van der Waals surface area contributed by atoms with Crippen molar-refractivity contribution < 1.29 is 9.53 Å². The molecule has 1 N–H and O–H groups in total. The average Bonchev–Trinajstić information content (AvgIpc) is 2.50. The van der Waals surface area contributed by atoms with Gasteiger partial charge in [0.05, 0.1) is 24.2 Å². The van der Waals surface area contributed by atoms with Crippen LogP contribution in [0.4, 0.5) is 11.4 Å². The summed E-state index contributed by atoms with van der Waals surface area (Å²) in [7, 11) is 5.42. The molecule has 1 heterocycles. The van der Waals surface area contributed by atoms with Crippen LogP contribution in [0.1, 0.15) is 21.7 Å². The molecule has 0 fully saturated rings. The highest BCUT2D eigenvalue weighted by molar-refractivity contribution is 6.05. The first-order chi connectivity index (χ1) is 10.4. The molecule has 6 nitrogen and oxygen atoms in total. The number of ether oxygens (including phenoxy) is 1. The van der Waals surface area contributed by atoms with Crippen molar-refractivity contribution in [1.29, 1.82) is 0 Å². The van der Waals surface area contributed by atoms with Crippen molar-refractivity contribution >= 4 is 17.3 Å². The standard InChI is InChI=1S/C16H20N4O2/c1-10-14(11(2)18-16(17-10)22-5)19-15(21)12-6-8-13(9-7-12)20(3)4/h6-9H,1-5H3,(H,19,21). The highest BCUT2D eigenvalue weighted by Crippen LogP contribution is 2.20. The summed E-state index contributed by atoms with van der Waals surface area (Å²) in [5.41, 5.74) is 3.57. The number of methoxy groups -OCH3 is 1. The Morgan fingerprint density at radius 3 is 2.09 bits per heavy atom. The van der Waals surface area contributed by atoms with Crippen LogP contribution in [0.3, 0.4) is 0 Å². The topological polar surface area (TPSA) is 67.3 Å². The first-order valence-corrected chi connectivity index (χ1v) is 6.90. The molecule has 0 spiro atoms. The molecule has 0 saturated heterocycles. The van der Waals surface area contributed by atoms with E-state index in [1.807, 2.05) is 45.0 Å². The van der Waals surface area contributed by atoms with E-state index in [0.29, 0.717) is 28.6 Å². The van der Waals surface area contributed by atoms with E-state index in [4.69, 9.17) is 4.74 Å². The number of rotatable bonds is 4. The van der Waals surface area contributed by atoms with Crippen LogP contribution in [0.2, 0.25) is 0 Å². The van der Waals surface area contributed by atoms with Gasteiger partial charge in [-0.3, -0.25) is 4.79 Å². The summed E-state index contributed by atoms with van der Waals surface area (Å²) in [5.74, 6) is -0.190. The average molecular weight is 300 g/mol. The number of hydrogen-bond donors (Lipinski definition) is 1. The molecule has 0 aliphatic heterocycles. The third kappa shape index (κ3) is 3.33. The van der Waals surface area contributed by atoms with Gasteiger partial charge < -0.3 is 15.0 Å². The Balaban J connectivity index is 2.22. The fraction of sp³-hybridized carbons (Fsp3) is 0.312. The molecule has 0 radical (unpaired) electrons. The van der Waals surface area contributed by atoms with Crippen molar-refractivity contribution in [3.63, 3.8) is 0 Å². The van der Waals surface area contributed by atoms with Crippen LogP contribution < -0.4 is 15.0 Å². The second kappa shape index (κ2) is 6.43. The molecular weight excluding hydrogens is 280 g/mol. The molecule has 0 aliphatic carbocycles. The van der Waals surface area contributed by atoms with Crippen LogP contribution in [0.25, 0.3) is 0 Å². The Hall–Kier alpha value is -2.63. The second-order valence-corrected chi connectivity index (χ2v) is 5.15. The van der Waals surface area contributed by atoms with Gasteiger partial charge in [0.2, 0.25) is 0 Å². The van der Waals surface area contributed by atoms with Crippen molar-refractivity contribution in [2.24, 2.45) is 0 Å². The molecule has 116 valence electrons. The van der Waals surface area contributed by atoms with Gasteiger partial charge >= 0.3 is 6.01 Å². The monoisotopic (exact) mass is 300 g/mol. The summed E-state index contributed by atoms with van der Waals surface area (Å²) < 4.78 is 5.02. The molecule has 0 bridgehead atoms. The maximum Gasteiger partial charge on any atom is 0.316 e. The molecule has 22 heavy (non-hydrogen) atoms. The molecule has 2 rings (SSSR count). The van der Waals surface area contributed by atoms with E-state index in [2.05, 4.69) is 15.3 Å². The smallest absolute Gasteiger partial charge is 0.316 e. The van der Waals surface area contributed by atoms with Crippen LogP contribution >= 0.6 is 0 Å². The zero-order valence-corrected chi connectivity index (χ0v) is 13.5. The van der Waals surface area contributed by atoms with Crippen molar-refractivity contribution in [2.45, 2.75) is 13.8 Å². The SMILES string of the molecule is COc1nc(C)c(NC(=O)c2ccc(N(C)C)cc2)c(C)n1.